The molecule has 0 aliphatic rings. The summed E-state index contributed by atoms with van der Waals surface area (Å²) < 4.78 is 26.4. The first-order valence-corrected chi connectivity index (χ1v) is 24.0. The highest BCUT2D eigenvalue weighted by atomic mass is 31.2. The van der Waals surface area contributed by atoms with Gasteiger partial charge >= 0.3 is 19.8 Å². The standard InChI is InChI=1S/C44H85O8P/c1-3-5-7-9-11-13-15-17-19-21-22-23-25-27-29-31-33-35-37-39-44(46)52-42(41-51-53(47,48)49)40-50-43(45)38-36-34-32-30-28-26-24-20-18-16-14-12-10-8-6-4-2/h20,24,42H,3-19,21-23,25-41H2,1-2H3,(H2,47,48,49)/b24-20-/t42-/m1/s1. The zero-order valence-corrected chi connectivity index (χ0v) is 35.6. The van der Waals surface area contributed by atoms with Gasteiger partial charge in [0.15, 0.2) is 6.10 Å². The highest BCUT2D eigenvalue weighted by molar-refractivity contribution is 7.46. The highest BCUT2D eigenvalue weighted by Gasteiger charge is 2.23. The van der Waals surface area contributed by atoms with Gasteiger partial charge in [0.25, 0.3) is 0 Å². The van der Waals surface area contributed by atoms with Gasteiger partial charge in [-0.25, -0.2) is 4.57 Å². The molecule has 0 unspecified atom stereocenters. The molecule has 314 valence electrons. The average Bonchev–Trinajstić information content (AvgIpc) is 3.13. The van der Waals surface area contributed by atoms with Crippen LogP contribution in [0.15, 0.2) is 12.2 Å². The Morgan fingerprint density at radius 1 is 0.472 bits per heavy atom. The van der Waals surface area contributed by atoms with E-state index in [-0.39, 0.29) is 19.4 Å². The Balaban J connectivity index is 3.85. The molecule has 0 bridgehead atoms. The SMILES string of the molecule is CCCCCCCCC/C=C\CCCCCCCC(=O)OC[C@H](COP(=O)(O)O)OC(=O)CCCCCCCCCCCCCCCCCCCCC. The first-order valence-electron chi connectivity index (χ1n) is 22.5. The van der Waals surface area contributed by atoms with E-state index in [0.29, 0.717) is 6.42 Å². The topological polar surface area (TPSA) is 119 Å². The number of carbonyl (C=O) groups excluding carboxylic acids is 2. The minimum atomic E-state index is -4.75. The van der Waals surface area contributed by atoms with Crippen molar-refractivity contribution in [2.45, 2.75) is 245 Å². The Morgan fingerprint density at radius 3 is 1.15 bits per heavy atom. The summed E-state index contributed by atoms with van der Waals surface area (Å²) in [6.07, 6.45) is 45.1. The Labute approximate surface area is 327 Å². The van der Waals surface area contributed by atoms with E-state index in [0.717, 1.165) is 51.4 Å². The molecule has 0 aromatic carbocycles. The van der Waals surface area contributed by atoms with E-state index in [1.54, 1.807) is 0 Å². The molecule has 0 saturated carbocycles. The number of hydrogen-bond donors (Lipinski definition) is 2. The molecule has 0 rings (SSSR count). The number of carbonyl (C=O) groups is 2. The molecule has 9 heteroatoms. The molecular weight excluding hydrogens is 687 g/mol. The van der Waals surface area contributed by atoms with E-state index < -0.39 is 32.5 Å². The number of ether oxygens (including phenoxy) is 2. The van der Waals surface area contributed by atoms with Crippen molar-refractivity contribution in [3.8, 4) is 0 Å². The molecule has 2 N–H and O–H groups in total. The van der Waals surface area contributed by atoms with Gasteiger partial charge in [0.1, 0.15) is 6.61 Å². The first kappa shape index (κ1) is 51.8. The van der Waals surface area contributed by atoms with E-state index in [9.17, 15) is 14.2 Å². The van der Waals surface area contributed by atoms with Crippen LogP contribution in [-0.2, 0) is 28.2 Å². The summed E-state index contributed by atoms with van der Waals surface area (Å²) in [5.41, 5.74) is 0. The molecule has 0 radical (unpaired) electrons. The predicted octanol–water partition coefficient (Wildman–Crippen LogP) is 13.8. The van der Waals surface area contributed by atoms with Gasteiger partial charge in [-0.15, -0.1) is 0 Å². The fourth-order valence-corrected chi connectivity index (χ4v) is 7.02. The van der Waals surface area contributed by atoms with E-state index in [2.05, 4.69) is 30.5 Å². The maximum absolute atomic E-state index is 12.4. The zero-order chi connectivity index (χ0) is 38.9. The van der Waals surface area contributed by atoms with Gasteiger partial charge in [0.2, 0.25) is 0 Å². The third-order valence-electron chi connectivity index (χ3n) is 10.0. The third kappa shape index (κ3) is 43.4. The lowest BCUT2D eigenvalue weighted by Crippen LogP contribution is -2.29. The van der Waals surface area contributed by atoms with Gasteiger partial charge in [-0.05, 0) is 38.5 Å². The molecule has 0 aliphatic carbocycles. The summed E-state index contributed by atoms with van der Waals surface area (Å²) in [4.78, 5) is 42.9. The number of phosphoric ester groups is 1. The van der Waals surface area contributed by atoms with Crippen molar-refractivity contribution in [1.82, 2.24) is 0 Å². The monoisotopic (exact) mass is 773 g/mol. The van der Waals surface area contributed by atoms with Gasteiger partial charge in [-0.3, -0.25) is 14.1 Å². The molecule has 0 saturated heterocycles. The van der Waals surface area contributed by atoms with Crippen molar-refractivity contribution in [3.63, 3.8) is 0 Å². The molecule has 0 heterocycles. The third-order valence-corrected chi connectivity index (χ3v) is 10.5. The van der Waals surface area contributed by atoms with Crippen molar-refractivity contribution in [2.75, 3.05) is 13.2 Å². The molecule has 0 aromatic heterocycles. The molecule has 0 amide bonds. The number of esters is 2. The summed E-state index contributed by atoms with van der Waals surface area (Å²) >= 11 is 0. The highest BCUT2D eigenvalue weighted by Crippen LogP contribution is 2.36. The summed E-state index contributed by atoms with van der Waals surface area (Å²) in [7, 11) is -4.75. The van der Waals surface area contributed by atoms with Crippen molar-refractivity contribution in [1.29, 1.82) is 0 Å². The van der Waals surface area contributed by atoms with Gasteiger partial charge in [0.05, 0.1) is 6.61 Å². The van der Waals surface area contributed by atoms with Gasteiger partial charge in [-0.1, -0.05) is 199 Å². The lowest BCUT2D eigenvalue weighted by molar-refractivity contribution is -0.161. The second-order valence-corrected chi connectivity index (χ2v) is 16.6. The minimum Gasteiger partial charge on any atom is -0.462 e. The van der Waals surface area contributed by atoms with Crippen molar-refractivity contribution >= 4 is 19.8 Å². The molecule has 53 heavy (non-hydrogen) atoms. The fourth-order valence-electron chi connectivity index (χ4n) is 6.66. The van der Waals surface area contributed by atoms with E-state index in [1.807, 2.05) is 0 Å². The molecule has 8 nitrogen and oxygen atoms in total. The maximum atomic E-state index is 12.4. The van der Waals surface area contributed by atoms with Crippen LogP contribution < -0.4 is 0 Å². The van der Waals surface area contributed by atoms with Gasteiger partial charge in [-0.2, -0.15) is 0 Å². The normalized spacial score (nSPS) is 12.5. The van der Waals surface area contributed by atoms with Crippen LogP contribution in [0.3, 0.4) is 0 Å². The summed E-state index contributed by atoms with van der Waals surface area (Å²) in [6.45, 7) is 3.71. The Kier molecular flexibility index (Phi) is 39.5. The largest absolute Gasteiger partial charge is 0.469 e. The summed E-state index contributed by atoms with van der Waals surface area (Å²) in [5, 5.41) is 0. The van der Waals surface area contributed by atoms with Crippen LogP contribution in [0.25, 0.3) is 0 Å². The van der Waals surface area contributed by atoms with E-state index >= 15 is 0 Å². The number of hydrogen-bond acceptors (Lipinski definition) is 6. The van der Waals surface area contributed by atoms with Crippen LogP contribution >= 0.6 is 7.82 Å². The van der Waals surface area contributed by atoms with Crippen molar-refractivity contribution in [2.24, 2.45) is 0 Å². The first-order chi connectivity index (χ1) is 25.8. The predicted molar refractivity (Wildman–Crippen MR) is 221 cm³/mol. The number of unbranched alkanes of at least 4 members (excludes halogenated alkanes) is 30. The quantitative estimate of drug-likeness (QED) is 0.0272. The van der Waals surface area contributed by atoms with Gasteiger partial charge < -0.3 is 19.3 Å². The zero-order valence-electron chi connectivity index (χ0n) is 34.7. The summed E-state index contributed by atoms with van der Waals surface area (Å²) in [6, 6.07) is 0. The van der Waals surface area contributed by atoms with Crippen LogP contribution in [-0.4, -0.2) is 41.0 Å². The Bertz CT molecular complexity index is 873. The van der Waals surface area contributed by atoms with E-state index in [4.69, 9.17) is 19.3 Å². The van der Waals surface area contributed by atoms with Crippen LogP contribution in [0, 0.1) is 0 Å². The van der Waals surface area contributed by atoms with Crippen LogP contribution in [0.1, 0.15) is 239 Å². The average molecular weight is 773 g/mol. The number of phosphoric acid groups is 1. The number of allylic oxidation sites excluding steroid dienone is 2. The van der Waals surface area contributed by atoms with Crippen LogP contribution in [0.2, 0.25) is 0 Å². The lowest BCUT2D eigenvalue weighted by Gasteiger charge is -2.18. The van der Waals surface area contributed by atoms with Crippen molar-refractivity contribution < 1.29 is 37.9 Å². The summed E-state index contributed by atoms with van der Waals surface area (Å²) in [5.74, 6) is -0.880. The maximum Gasteiger partial charge on any atom is 0.469 e. The molecule has 0 fully saturated rings. The molecule has 0 spiro atoms. The Morgan fingerprint density at radius 2 is 0.792 bits per heavy atom. The Hall–Kier alpha value is -1.21. The van der Waals surface area contributed by atoms with E-state index in [1.165, 1.54) is 154 Å². The second-order valence-electron chi connectivity index (χ2n) is 15.4. The van der Waals surface area contributed by atoms with Gasteiger partial charge in [0, 0.05) is 12.8 Å². The smallest absolute Gasteiger partial charge is 0.462 e. The molecule has 0 aliphatic heterocycles. The van der Waals surface area contributed by atoms with Crippen LogP contribution in [0.4, 0.5) is 0 Å². The molecule has 0 aromatic rings. The second kappa shape index (κ2) is 40.5. The number of rotatable bonds is 42. The van der Waals surface area contributed by atoms with Crippen LogP contribution in [0.5, 0.6) is 0 Å². The molecule has 1 atom stereocenters. The molecular formula is C44H85O8P. The van der Waals surface area contributed by atoms with Crippen molar-refractivity contribution in [3.05, 3.63) is 12.2 Å². The fraction of sp³-hybridized carbons (Fsp3) is 0.909. The minimum absolute atomic E-state index is 0.216. The lowest BCUT2D eigenvalue weighted by atomic mass is 10.0.